The maximum atomic E-state index is 13.4. The van der Waals surface area contributed by atoms with Gasteiger partial charge in [0, 0.05) is 41.8 Å². The Morgan fingerprint density at radius 1 is 1.10 bits per heavy atom. The normalized spacial score (nSPS) is 15.0. The highest BCUT2D eigenvalue weighted by atomic mass is 32.2. The number of rotatable bonds is 5. The summed E-state index contributed by atoms with van der Waals surface area (Å²) in [6.45, 7) is 0.473. The number of halogens is 1. The van der Waals surface area contributed by atoms with Crippen molar-refractivity contribution in [2.45, 2.75) is 16.3 Å². The van der Waals surface area contributed by atoms with Gasteiger partial charge in [-0.15, -0.1) is 5.10 Å². The zero-order valence-corrected chi connectivity index (χ0v) is 17.5. The molecule has 0 unspecified atom stereocenters. The lowest BCUT2D eigenvalue weighted by Crippen LogP contribution is -2.35. The van der Waals surface area contributed by atoms with Gasteiger partial charge in [0.15, 0.2) is 11.0 Å². The van der Waals surface area contributed by atoms with Crippen LogP contribution in [0.5, 0.6) is 0 Å². The summed E-state index contributed by atoms with van der Waals surface area (Å²) in [5, 5.41) is 15.9. The third-order valence-corrected chi connectivity index (χ3v) is 6.16. The summed E-state index contributed by atoms with van der Waals surface area (Å²) >= 11 is 1.46. The van der Waals surface area contributed by atoms with Crippen molar-refractivity contribution >= 4 is 11.8 Å². The fourth-order valence-electron chi connectivity index (χ4n) is 3.62. The van der Waals surface area contributed by atoms with Crippen LogP contribution in [0.15, 0.2) is 71.2 Å². The Morgan fingerprint density at radius 2 is 1.87 bits per heavy atom. The van der Waals surface area contributed by atoms with Crippen LogP contribution in [-0.4, -0.2) is 54.9 Å². The minimum Gasteiger partial charge on any atom is -0.395 e. The van der Waals surface area contributed by atoms with E-state index in [1.807, 2.05) is 28.8 Å². The second-order valence-electron chi connectivity index (χ2n) is 7.20. The minimum absolute atomic E-state index is 0.0157. The van der Waals surface area contributed by atoms with Crippen molar-refractivity contribution in [3.8, 4) is 22.5 Å². The maximum absolute atomic E-state index is 13.4. The predicted octanol–water partition coefficient (Wildman–Crippen LogP) is 3.48. The molecule has 0 radical (unpaired) electrons. The zero-order chi connectivity index (χ0) is 21.4. The summed E-state index contributed by atoms with van der Waals surface area (Å²) in [4.78, 5) is 15.5. The molecule has 1 aromatic carbocycles. The highest BCUT2D eigenvalue weighted by Crippen LogP contribution is 2.42. The van der Waals surface area contributed by atoms with E-state index < -0.39 is 0 Å². The van der Waals surface area contributed by atoms with Crippen molar-refractivity contribution in [2.24, 2.45) is 0 Å². The van der Waals surface area contributed by atoms with Crippen molar-refractivity contribution in [2.75, 3.05) is 20.2 Å². The zero-order valence-electron chi connectivity index (χ0n) is 16.7. The average molecular weight is 435 g/mol. The molecular formula is C22H19FN6OS. The molecule has 0 bridgehead atoms. The Hall–Kier alpha value is -3.14. The first-order valence-corrected chi connectivity index (χ1v) is 10.6. The minimum atomic E-state index is -0.283. The highest BCUT2D eigenvalue weighted by Gasteiger charge is 2.33. The fourth-order valence-corrected chi connectivity index (χ4v) is 4.55. The van der Waals surface area contributed by atoms with Crippen LogP contribution >= 0.6 is 11.8 Å². The largest absolute Gasteiger partial charge is 0.395 e. The predicted molar refractivity (Wildman–Crippen MR) is 115 cm³/mol. The summed E-state index contributed by atoms with van der Waals surface area (Å²) in [5.41, 5.74) is 3.61. The summed E-state index contributed by atoms with van der Waals surface area (Å²) in [5.74, 6) is 0.334. The maximum Gasteiger partial charge on any atom is 0.194 e. The number of hydrogen-bond donors (Lipinski definition) is 1. The molecule has 5 rings (SSSR count). The van der Waals surface area contributed by atoms with Gasteiger partial charge >= 0.3 is 0 Å². The fraction of sp³-hybridized carbons (Fsp3) is 0.182. The van der Waals surface area contributed by atoms with Crippen molar-refractivity contribution in [1.82, 2.24) is 29.6 Å². The highest BCUT2D eigenvalue weighted by molar-refractivity contribution is 7.99. The molecule has 0 fully saturated rings. The van der Waals surface area contributed by atoms with Crippen LogP contribution in [0.25, 0.3) is 22.5 Å². The van der Waals surface area contributed by atoms with Gasteiger partial charge in [-0.3, -0.25) is 9.88 Å². The molecule has 0 aliphatic carbocycles. The molecule has 0 saturated heterocycles. The van der Waals surface area contributed by atoms with E-state index in [1.165, 1.54) is 23.9 Å². The van der Waals surface area contributed by atoms with Crippen LogP contribution in [0.3, 0.4) is 0 Å². The van der Waals surface area contributed by atoms with Gasteiger partial charge in [0.25, 0.3) is 0 Å². The van der Waals surface area contributed by atoms with Crippen LogP contribution < -0.4 is 0 Å². The van der Waals surface area contributed by atoms with Gasteiger partial charge in [0.1, 0.15) is 17.0 Å². The number of hydrogen-bond acceptors (Lipinski definition) is 7. The van der Waals surface area contributed by atoms with Crippen LogP contribution in [0.1, 0.15) is 11.7 Å². The van der Waals surface area contributed by atoms with Crippen molar-refractivity contribution in [3.05, 3.63) is 72.4 Å². The summed E-state index contributed by atoms with van der Waals surface area (Å²) in [7, 11) is 1.93. The molecule has 31 heavy (non-hydrogen) atoms. The SMILES string of the molecule is CN(CCO)[C@@H]1c2cc(-c3ccc(F)cc3)cnc2Sc2nc(-c3ccncc3)nn21. The monoisotopic (exact) mass is 434 g/mol. The molecule has 1 aliphatic rings. The molecule has 3 aromatic heterocycles. The second kappa shape index (κ2) is 8.18. The van der Waals surface area contributed by atoms with Crippen LogP contribution in [-0.2, 0) is 0 Å². The summed E-state index contributed by atoms with van der Waals surface area (Å²) < 4.78 is 15.2. The third kappa shape index (κ3) is 3.71. The van der Waals surface area contributed by atoms with E-state index in [0.29, 0.717) is 12.4 Å². The van der Waals surface area contributed by atoms with E-state index in [2.05, 4.69) is 16.0 Å². The van der Waals surface area contributed by atoms with E-state index in [1.54, 1.807) is 30.7 Å². The number of aliphatic hydroxyl groups is 1. The molecule has 4 aromatic rings. The number of aromatic nitrogens is 5. The van der Waals surface area contributed by atoms with Gasteiger partial charge < -0.3 is 5.11 Å². The number of pyridine rings is 2. The lowest BCUT2D eigenvalue weighted by Gasteiger charge is -2.32. The molecule has 1 aliphatic heterocycles. The standard InChI is InChI=1S/C22H19FN6OS/c1-28(10-11-30)21-18-12-16(14-2-4-17(23)5-3-14)13-25-20(18)31-22-26-19(27-29(21)22)15-6-8-24-9-7-15/h2-9,12-13,21,30H,10-11H2,1H3/t21-/m0/s1. The Kier molecular flexibility index (Phi) is 5.23. The smallest absolute Gasteiger partial charge is 0.194 e. The summed E-state index contributed by atoms with van der Waals surface area (Å²) in [6.07, 6.45) is 4.93. The van der Waals surface area contributed by atoms with Crippen molar-refractivity contribution in [3.63, 3.8) is 0 Å². The summed E-state index contributed by atoms with van der Waals surface area (Å²) in [6, 6.07) is 12.2. The average Bonchev–Trinajstić information content (AvgIpc) is 3.22. The van der Waals surface area contributed by atoms with Gasteiger partial charge in [0.05, 0.1) is 6.61 Å². The van der Waals surface area contributed by atoms with E-state index in [-0.39, 0.29) is 18.6 Å². The first-order chi connectivity index (χ1) is 15.1. The molecule has 1 N–H and O–H groups in total. The Balaban J connectivity index is 1.61. The van der Waals surface area contributed by atoms with Gasteiger partial charge in [-0.05, 0) is 54.7 Å². The molecule has 0 spiro atoms. The van der Waals surface area contributed by atoms with Gasteiger partial charge in [-0.2, -0.15) is 0 Å². The van der Waals surface area contributed by atoms with Crippen LogP contribution in [0.4, 0.5) is 4.39 Å². The number of fused-ring (bicyclic) bond motifs is 2. The first kappa shape index (κ1) is 19.8. The van der Waals surface area contributed by atoms with Gasteiger partial charge in [-0.25, -0.2) is 19.0 Å². The quantitative estimate of drug-likeness (QED) is 0.515. The van der Waals surface area contributed by atoms with Gasteiger partial charge in [0.2, 0.25) is 0 Å². The Morgan fingerprint density at radius 3 is 2.61 bits per heavy atom. The molecule has 1 atom stereocenters. The van der Waals surface area contributed by atoms with E-state index >= 15 is 0 Å². The number of likely N-dealkylation sites (N-methyl/N-ethyl adjacent to an activating group) is 1. The Labute approximate surface area is 182 Å². The van der Waals surface area contributed by atoms with Crippen LogP contribution in [0.2, 0.25) is 0 Å². The lowest BCUT2D eigenvalue weighted by molar-refractivity contribution is 0.144. The topological polar surface area (TPSA) is 80.0 Å². The van der Waals surface area contributed by atoms with Gasteiger partial charge in [-0.1, -0.05) is 12.1 Å². The Bertz CT molecular complexity index is 1210. The molecular weight excluding hydrogens is 415 g/mol. The molecule has 0 saturated carbocycles. The molecule has 4 heterocycles. The van der Waals surface area contributed by atoms with E-state index in [0.717, 1.165) is 32.4 Å². The number of nitrogens with zero attached hydrogens (tertiary/aromatic N) is 6. The third-order valence-electron chi connectivity index (χ3n) is 5.16. The second-order valence-corrected chi connectivity index (χ2v) is 8.16. The molecule has 0 amide bonds. The first-order valence-electron chi connectivity index (χ1n) is 9.76. The molecule has 7 nitrogen and oxygen atoms in total. The number of aliphatic hydroxyl groups excluding tert-OH is 1. The molecule has 156 valence electrons. The van der Waals surface area contributed by atoms with E-state index in [9.17, 15) is 9.50 Å². The van der Waals surface area contributed by atoms with E-state index in [4.69, 9.17) is 10.1 Å². The lowest BCUT2D eigenvalue weighted by atomic mass is 10.0. The molecule has 9 heteroatoms. The number of benzene rings is 1. The van der Waals surface area contributed by atoms with Crippen molar-refractivity contribution in [1.29, 1.82) is 0 Å². The van der Waals surface area contributed by atoms with Crippen molar-refractivity contribution < 1.29 is 9.50 Å². The van der Waals surface area contributed by atoms with Crippen LogP contribution in [0, 0.1) is 5.82 Å².